The number of aryl methyl sites for hydroxylation is 2. The maximum atomic E-state index is 12.3. The first-order valence-electron chi connectivity index (χ1n) is 9.33. The second kappa shape index (κ2) is 7.78. The van der Waals surface area contributed by atoms with Crippen LogP contribution in [0.1, 0.15) is 41.5 Å². The largest absolute Gasteiger partial charge is 0.347 e. The standard InChI is InChI=1S/C22H25N3O2S/c1-4-17(20-12-15(2)11-16(3)22(20)28(24,26)27)13-25-14-18(9-10-23)19-7-5-6-8-21(19)25/h5-8,11-12,14,17H,4,9,13H2,1-3H3,(H2,24,26,27)/t17-/m1/s1. The van der Waals surface area contributed by atoms with Crippen LogP contribution in [-0.4, -0.2) is 13.0 Å². The summed E-state index contributed by atoms with van der Waals surface area (Å²) in [6.07, 6.45) is 3.12. The molecule has 3 aromatic rings. The molecule has 0 aliphatic heterocycles. The first-order chi connectivity index (χ1) is 13.3. The maximum absolute atomic E-state index is 12.3. The molecule has 0 saturated heterocycles. The van der Waals surface area contributed by atoms with Crippen LogP contribution in [0, 0.1) is 25.2 Å². The van der Waals surface area contributed by atoms with Crippen LogP contribution in [0.25, 0.3) is 10.9 Å². The zero-order chi connectivity index (χ0) is 20.5. The van der Waals surface area contributed by atoms with Crippen LogP contribution in [0.3, 0.4) is 0 Å². The molecule has 0 bridgehead atoms. The number of nitrogens with zero attached hydrogens (tertiary/aromatic N) is 2. The predicted octanol–water partition coefficient (Wildman–Crippen LogP) is 4.17. The van der Waals surface area contributed by atoms with Gasteiger partial charge >= 0.3 is 0 Å². The summed E-state index contributed by atoms with van der Waals surface area (Å²) in [6, 6.07) is 14.0. The van der Waals surface area contributed by atoms with E-state index in [9.17, 15) is 8.42 Å². The number of benzene rings is 2. The Morgan fingerprint density at radius 1 is 1.21 bits per heavy atom. The number of nitriles is 1. The number of rotatable bonds is 6. The zero-order valence-electron chi connectivity index (χ0n) is 16.4. The van der Waals surface area contributed by atoms with Crippen LogP contribution >= 0.6 is 0 Å². The molecule has 146 valence electrons. The van der Waals surface area contributed by atoms with Crippen molar-refractivity contribution in [3.8, 4) is 6.07 Å². The fourth-order valence-corrected chi connectivity index (χ4v) is 5.13. The van der Waals surface area contributed by atoms with Crippen LogP contribution < -0.4 is 5.14 Å². The van der Waals surface area contributed by atoms with Gasteiger partial charge in [-0.3, -0.25) is 0 Å². The number of para-hydroxylation sites is 1. The average Bonchev–Trinajstić information content (AvgIpc) is 2.96. The highest BCUT2D eigenvalue weighted by atomic mass is 32.2. The Balaban J connectivity index is 2.13. The Morgan fingerprint density at radius 3 is 2.57 bits per heavy atom. The molecule has 3 rings (SSSR count). The lowest BCUT2D eigenvalue weighted by molar-refractivity contribution is 0.542. The van der Waals surface area contributed by atoms with Crippen molar-refractivity contribution in [3.05, 3.63) is 64.8 Å². The fraction of sp³-hybridized carbons (Fsp3) is 0.318. The van der Waals surface area contributed by atoms with Gasteiger partial charge in [0.25, 0.3) is 0 Å². The maximum Gasteiger partial charge on any atom is 0.238 e. The highest BCUT2D eigenvalue weighted by Crippen LogP contribution is 2.33. The molecule has 0 radical (unpaired) electrons. The minimum absolute atomic E-state index is 0.0160. The Labute approximate surface area is 166 Å². The van der Waals surface area contributed by atoms with Crippen molar-refractivity contribution in [1.82, 2.24) is 4.57 Å². The van der Waals surface area contributed by atoms with E-state index in [-0.39, 0.29) is 10.8 Å². The van der Waals surface area contributed by atoms with Crippen LogP contribution in [0.5, 0.6) is 0 Å². The average molecular weight is 396 g/mol. The molecule has 5 nitrogen and oxygen atoms in total. The molecule has 1 aromatic heterocycles. The lowest BCUT2D eigenvalue weighted by atomic mass is 9.93. The van der Waals surface area contributed by atoms with Crippen molar-refractivity contribution >= 4 is 20.9 Å². The van der Waals surface area contributed by atoms with Crippen LogP contribution in [0.4, 0.5) is 0 Å². The highest BCUT2D eigenvalue weighted by molar-refractivity contribution is 7.89. The van der Waals surface area contributed by atoms with Crippen LogP contribution in [0.15, 0.2) is 47.5 Å². The first-order valence-corrected chi connectivity index (χ1v) is 10.9. The first kappa shape index (κ1) is 20.1. The molecule has 28 heavy (non-hydrogen) atoms. The minimum Gasteiger partial charge on any atom is -0.347 e. The van der Waals surface area contributed by atoms with Crippen molar-refractivity contribution < 1.29 is 8.42 Å². The third kappa shape index (κ3) is 3.82. The lowest BCUT2D eigenvalue weighted by Gasteiger charge is -2.22. The minimum atomic E-state index is -3.83. The topological polar surface area (TPSA) is 88.9 Å². The van der Waals surface area contributed by atoms with Gasteiger partial charge in [0.1, 0.15) is 0 Å². The summed E-state index contributed by atoms with van der Waals surface area (Å²) in [7, 11) is -3.83. The summed E-state index contributed by atoms with van der Waals surface area (Å²) in [5.41, 5.74) is 4.49. The van der Waals surface area contributed by atoms with Crippen molar-refractivity contribution in [3.63, 3.8) is 0 Å². The summed E-state index contributed by atoms with van der Waals surface area (Å²) in [4.78, 5) is 0.235. The monoisotopic (exact) mass is 395 g/mol. The predicted molar refractivity (Wildman–Crippen MR) is 112 cm³/mol. The molecule has 0 saturated carbocycles. The van der Waals surface area contributed by atoms with E-state index in [0.29, 0.717) is 18.5 Å². The smallest absolute Gasteiger partial charge is 0.238 e. The van der Waals surface area contributed by atoms with Crippen LogP contribution in [-0.2, 0) is 23.0 Å². The molecular formula is C22H25N3O2S. The van der Waals surface area contributed by atoms with E-state index < -0.39 is 10.0 Å². The van der Waals surface area contributed by atoms with Crippen LogP contribution in [0.2, 0.25) is 0 Å². The molecule has 6 heteroatoms. The molecule has 0 unspecified atom stereocenters. The highest BCUT2D eigenvalue weighted by Gasteiger charge is 2.24. The molecule has 1 heterocycles. The Hall–Kier alpha value is -2.62. The second-order valence-electron chi connectivity index (χ2n) is 7.31. The SMILES string of the molecule is CC[C@H](Cn1cc(CC#N)c2ccccc21)c1cc(C)cc(C)c1S(N)(=O)=O. The fourth-order valence-electron chi connectivity index (χ4n) is 4.06. The number of hydrogen-bond donors (Lipinski definition) is 1. The van der Waals surface area contributed by atoms with E-state index in [4.69, 9.17) is 10.4 Å². The molecule has 0 amide bonds. The van der Waals surface area contributed by atoms with Gasteiger partial charge in [-0.15, -0.1) is 0 Å². The van der Waals surface area contributed by atoms with Gasteiger partial charge in [0.05, 0.1) is 17.4 Å². The number of nitrogens with two attached hydrogens (primary N) is 1. The molecule has 2 N–H and O–H groups in total. The third-order valence-electron chi connectivity index (χ3n) is 5.22. The molecule has 0 spiro atoms. The van der Waals surface area contributed by atoms with Gasteiger partial charge in [0.2, 0.25) is 10.0 Å². The molecule has 0 aliphatic rings. The van der Waals surface area contributed by atoms with E-state index in [1.807, 2.05) is 49.5 Å². The molecular weight excluding hydrogens is 370 g/mol. The summed E-state index contributed by atoms with van der Waals surface area (Å²) < 4.78 is 26.7. The van der Waals surface area contributed by atoms with Gasteiger partial charge in [-0.25, -0.2) is 13.6 Å². The lowest BCUT2D eigenvalue weighted by Crippen LogP contribution is -2.19. The number of hydrogen-bond acceptors (Lipinski definition) is 3. The molecule has 2 aromatic carbocycles. The van der Waals surface area contributed by atoms with Crippen molar-refractivity contribution in [2.45, 2.75) is 51.0 Å². The Morgan fingerprint density at radius 2 is 1.93 bits per heavy atom. The second-order valence-corrected chi connectivity index (χ2v) is 8.81. The van der Waals surface area contributed by atoms with Gasteiger partial charge in [-0.05, 0) is 43.0 Å². The normalized spacial score (nSPS) is 12.8. The van der Waals surface area contributed by atoms with E-state index in [1.165, 1.54) is 0 Å². The van der Waals surface area contributed by atoms with Gasteiger partial charge in [0, 0.05) is 29.6 Å². The van der Waals surface area contributed by atoms with Gasteiger partial charge in [-0.1, -0.05) is 42.8 Å². The van der Waals surface area contributed by atoms with Gasteiger partial charge < -0.3 is 4.57 Å². The summed E-state index contributed by atoms with van der Waals surface area (Å²) in [6.45, 7) is 6.43. The Bertz CT molecular complexity index is 1170. The summed E-state index contributed by atoms with van der Waals surface area (Å²) in [5, 5.41) is 15.8. The zero-order valence-corrected chi connectivity index (χ0v) is 17.3. The Kier molecular flexibility index (Phi) is 5.59. The van der Waals surface area contributed by atoms with Crippen molar-refractivity contribution in [2.75, 3.05) is 0 Å². The van der Waals surface area contributed by atoms with Crippen molar-refractivity contribution in [1.29, 1.82) is 5.26 Å². The van der Waals surface area contributed by atoms with Crippen molar-refractivity contribution in [2.24, 2.45) is 5.14 Å². The van der Waals surface area contributed by atoms with E-state index in [2.05, 4.69) is 17.6 Å². The third-order valence-corrected chi connectivity index (χ3v) is 6.35. The van der Waals surface area contributed by atoms with Gasteiger partial charge in [-0.2, -0.15) is 5.26 Å². The molecule has 1 atom stereocenters. The number of aromatic nitrogens is 1. The van der Waals surface area contributed by atoms with E-state index >= 15 is 0 Å². The summed E-state index contributed by atoms with van der Waals surface area (Å²) >= 11 is 0. The molecule has 0 fully saturated rings. The molecule has 0 aliphatic carbocycles. The number of sulfonamides is 1. The van der Waals surface area contributed by atoms with E-state index in [1.54, 1.807) is 6.92 Å². The van der Waals surface area contributed by atoms with E-state index in [0.717, 1.165) is 34.0 Å². The number of primary sulfonamides is 1. The number of fused-ring (bicyclic) bond motifs is 1. The van der Waals surface area contributed by atoms with Gasteiger partial charge in [0.15, 0.2) is 0 Å². The quantitative estimate of drug-likeness (QED) is 0.679. The summed E-state index contributed by atoms with van der Waals surface area (Å²) in [5.74, 6) is -0.0160.